The van der Waals surface area contributed by atoms with E-state index in [1.807, 2.05) is 31.3 Å². The van der Waals surface area contributed by atoms with Crippen molar-refractivity contribution >= 4 is 17.5 Å². The summed E-state index contributed by atoms with van der Waals surface area (Å²) in [4.78, 5) is 8.53. The Bertz CT molecular complexity index is 481. The summed E-state index contributed by atoms with van der Waals surface area (Å²) >= 11 is 5.85. The van der Waals surface area contributed by atoms with Gasteiger partial charge in [-0.15, -0.1) is 0 Å². The van der Waals surface area contributed by atoms with Crippen molar-refractivity contribution in [3.05, 3.63) is 41.7 Å². The zero-order valence-electron chi connectivity index (χ0n) is 10.2. The third-order valence-electron chi connectivity index (χ3n) is 2.49. The van der Waals surface area contributed by atoms with Gasteiger partial charge in [-0.2, -0.15) is 0 Å². The Labute approximate surface area is 111 Å². The number of nitrogens with zero attached hydrogens (tertiary/aromatic N) is 2. The van der Waals surface area contributed by atoms with E-state index < -0.39 is 0 Å². The van der Waals surface area contributed by atoms with Gasteiger partial charge < -0.3 is 10.6 Å². The first-order valence-electron chi connectivity index (χ1n) is 5.76. The number of halogens is 1. The SMILES string of the molecule is CNCCNc1ncc(-c2ccc(Cl)cc2)cn1. The van der Waals surface area contributed by atoms with Crippen LogP contribution < -0.4 is 10.6 Å². The van der Waals surface area contributed by atoms with Crippen LogP contribution in [0, 0.1) is 0 Å². The quantitative estimate of drug-likeness (QED) is 0.813. The van der Waals surface area contributed by atoms with Gasteiger partial charge in [-0.1, -0.05) is 23.7 Å². The highest BCUT2D eigenvalue weighted by Crippen LogP contribution is 2.20. The van der Waals surface area contributed by atoms with Gasteiger partial charge in [0.2, 0.25) is 5.95 Å². The van der Waals surface area contributed by atoms with E-state index in [4.69, 9.17) is 11.6 Å². The third kappa shape index (κ3) is 3.42. The lowest BCUT2D eigenvalue weighted by Crippen LogP contribution is -2.18. The fourth-order valence-electron chi connectivity index (χ4n) is 1.51. The molecule has 1 aromatic carbocycles. The molecule has 1 heterocycles. The molecule has 0 unspecified atom stereocenters. The molecular formula is C13H15ClN4. The molecule has 0 saturated carbocycles. The summed E-state index contributed by atoms with van der Waals surface area (Å²) in [5.41, 5.74) is 2.03. The van der Waals surface area contributed by atoms with Crippen LogP contribution in [0.4, 0.5) is 5.95 Å². The second-order valence-electron chi connectivity index (χ2n) is 3.83. The largest absolute Gasteiger partial charge is 0.353 e. The molecule has 2 aromatic rings. The maximum absolute atomic E-state index is 5.85. The van der Waals surface area contributed by atoms with Crippen molar-refractivity contribution < 1.29 is 0 Å². The summed E-state index contributed by atoms with van der Waals surface area (Å²) in [5.74, 6) is 0.642. The van der Waals surface area contributed by atoms with Crippen molar-refractivity contribution in [2.75, 3.05) is 25.5 Å². The number of aromatic nitrogens is 2. The molecule has 0 fully saturated rings. The van der Waals surface area contributed by atoms with Crippen LogP contribution in [0.2, 0.25) is 5.02 Å². The average Bonchev–Trinajstić information content (AvgIpc) is 2.41. The molecule has 4 nitrogen and oxygen atoms in total. The van der Waals surface area contributed by atoms with Crippen molar-refractivity contribution in [3.8, 4) is 11.1 Å². The Balaban J connectivity index is 2.05. The van der Waals surface area contributed by atoms with E-state index in [1.165, 1.54) is 0 Å². The van der Waals surface area contributed by atoms with Crippen molar-refractivity contribution in [2.45, 2.75) is 0 Å². The van der Waals surface area contributed by atoms with Gasteiger partial charge in [0.05, 0.1) is 0 Å². The molecule has 0 radical (unpaired) electrons. The van der Waals surface area contributed by atoms with E-state index in [0.29, 0.717) is 5.95 Å². The maximum atomic E-state index is 5.85. The standard InChI is InChI=1S/C13H15ClN4/c1-15-6-7-16-13-17-8-11(9-18-13)10-2-4-12(14)5-3-10/h2-5,8-9,15H,6-7H2,1H3,(H,16,17,18). The van der Waals surface area contributed by atoms with Crippen LogP contribution in [0.1, 0.15) is 0 Å². The van der Waals surface area contributed by atoms with E-state index in [9.17, 15) is 0 Å². The molecule has 0 aliphatic heterocycles. The summed E-state index contributed by atoms with van der Waals surface area (Å²) in [6.07, 6.45) is 3.61. The molecule has 0 atom stereocenters. The molecule has 0 bridgehead atoms. The molecular weight excluding hydrogens is 248 g/mol. The number of hydrogen-bond donors (Lipinski definition) is 2. The molecule has 5 heteroatoms. The number of hydrogen-bond acceptors (Lipinski definition) is 4. The topological polar surface area (TPSA) is 49.8 Å². The minimum atomic E-state index is 0.642. The molecule has 2 rings (SSSR count). The Morgan fingerprint density at radius 3 is 2.28 bits per heavy atom. The monoisotopic (exact) mass is 262 g/mol. The average molecular weight is 263 g/mol. The zero-order valence-corrected chi connectivity index (χ0v) is 10.9. The Hall–Kier alpha value is -1.65. The maximum Gasteiger partial charge on any atom is 0.222 e. The van der Waals surface area contributed by atoms with E-state index >= 15 is 0 Å². The second kappa shape index (κ2) is 6.33. The van der Waals surface area contributed by atoms with Gasteiger partial charge >= 0.3 is 0 Å². The molecule has 18 heavy (non-hydrogen) atoms. The van der Waals surface area contributed by atoms with E-state index in [-0.39, 0.29) is 0 Å². The highest BCUT2D eigenvalue weighted by Gasteiger charge is 2.00. The van der Waals surface area contributed by atoms with Gasteiger partial charge in [0.25, 0.3) is 0 Å². The second-order valence-corrected chi connectivity index (χ2v) is 4.27. The summed E-state index contributed by atoms with van der Waals surface area (Å²) in [5, 5.41) is 6.90. The van der Waals surface area contributed by atoms with Crippen LogP contribution in [0.3, 0.4) is 0 Å². The van der Waals surface area contributed by atoms with E-state index in [0.717, 1.165) is 29.2 Å². The van der Waals surface area contributed by atoms with Gasteiger partial charge in [-0.05, 0) is 24.7 Å². The van der Waals surface area contributed by atoms with Crippen LogP contribution in [0.25, 0.3) is 11.1 Å². The predicted octanol–water partition coefficient (Wildman–Crippen LogP) is 2.43. The Morgan fingerprint density at radius 2 is 1.67 bits per heavy atom. The lowest BCUT2D eigenvalue weighted by Gasteiger charge is -2.05. The summed E-state index contributed by atoms with van der Waals surface area (Å²) < 4.78 is 0. The van der Waals surface area contributed by atoms with E-state index in [2.05, 4.69) is 20.6 Å². The van der Waals surface area contributed by atoms with E-state index in [1.54, 1.807) is 12.4 Å². The zero-order chi connectivity index (χ0) is 12.8. The normalized spacial score (nSPS) is 10.3. The number of nitrogens with one attached hydrogen (secondary N) is 2. The number of likely N-dealkylation sites (N-methyl/N-ethyl adjacent to an activating group) is 1. The predicted molar refractivity (Wildman–Crippen MR) is 74.9 cm³/mol. The van der Waals surface area contributed by atoms with Crippen molar-refractivity contribution in [1.29, 1.82) is 0 Å². The van der Waals surface area contributed by atoms with Gasteiger partial charge in [0.15, 0.2) is 0 Å². The minimum Gasteiger partial charge on any atom is -0.353 e. The highest BCUT2D eigenvalue weighted by atomic mass is 35.5. The summed E-state index contributed by atoms with van der Waals surface area (Å²) in [6.45, 7) is 1.68. The number of rotatable bonds is 5. The van der Waals surface area contributed by atoms with Crippen LogP contribution in [-0.2, 0) is 0 Å². The molecule has 0 aliphatic rings. The molecule has 2 N–H and O–H groups in total. The van der Waals surface area contributed by atoms with Crippen LogP contribution in [-0.4, -0.2) is 30.1 Å². The third-order valence-corrected chi connectivity index (χ3v) is 2.74. The highest BCUT2D eigenvalue weighted by molar-refractivity contribution is 6.30. The Kier molecular flexibility index (Phi) is 4.50. The van der Waals surface area contributed by atoms with Crippen molar-refractivity contribution in [2.24, 2.45) is 0 Å². The van der Waals surface area contributed by atoms with Crippen molar-refractivity contribution in [1.82, 2.24) is 15.3 Å². The lowest BCUT2D eigenvalue weighted by atomic mass is 10.1. The first-order valence-corrected chi connectivity index (χ1v) is 6.14. The van der Waals surface area contributed by atoms with Crippen LogP contribution in [0.5, 0.6) is 0 Å². The summed E-state index contributed by atoms with van der Waals surface area (Å²) in [7, 11) is 1.91. The van der Waals surface area contributed by atoms with Crippen LogP contribution >= 0.6 is 11.6 Å². The first kappa shape index (κ1) is 12.8. The number of benzene rings is 1. The van der Waals surface area contributed by atoms with Gasteiger partial charge in [0.1, 0.15) is 0 Å². The minimum absolute atomic E-state index is 0.642. The molecule has 0 aliphatic carbocycles. The number of anilines is 1. The molecule has 0 saturated heterocycles. The van der Waals surface area contributed by atoms with Gasteiger partial charge in [-0.3, -0.25) is 0 Å². The smallest absolute Gasteiger partial charge is 0.222 e. The molecule has 0 amide bonds. The fourth-order valence-corrected chi connectivity index (χ4v) is 1.64. The lowest BCUT2D eigenvalue weighted by molar-refractivity contribution is 0.817. The first-order chi connectivity index (χ1) is 8.79. The van der Waals surface area contributed by atoms with Gasteiger partial charge in [0, 0.05) is 36.1 Å². The molecule has 0 spiro atoms. The van der Waals surface area contributed by atoms with Crippen LogP contribution in [0.15, 0.2) is 36.7 Å². The fraction of sp³-hybridized carbons (Fsp3) is 0.231. The van der Waals surface area contributed by atoms with Crippen molar-refractivity contribution in [3.63, 3.8) is 0 Å². The molecule has 94 valence electrons. The molecule has 1 aromatic heterocycles. The van der Waals surface area contributed by atoms with Gasteiger partial charge in [-0.25, -0.2) is 9.97 Å². The Morgan fingerprint density at radius 1 is 1.00 bits per heavy atom. The summed E-state index contributed by atoms with van der Waals surface area (Å²) in [6, 6.07) is 7.62.